The quantitative estimate of drug-likeness (QED) is 0.547. The molecule has 0 unspecified atom stereocenters. The van der Waals surface area contributed by atoms with Crippen molar-refractivity contribution in [1.29, 1.82) is 0 Å². The van der Waals surface area contributed by atoms with Crippen molar-refractivity contribution >= 4 is 23.4 Å². The van der Waals surface area contributed by atoms with Gasteiger partial charge in [-0.3, -0.25) is 9.59 Å². The largest absolute Gasteiger partial charge is 0.459 e. The first kappa shape index (κ1) is 15.9. The molecular weight excluding hydrogens is 314 g/mol. The van der Waals surface area contributed by atoms with Gasteiger partial charge in [0.25, 0.3) is 5.91 Å². The summed E-state index contributed by atoms with van der Waals surface area (Å²) in [5.74, 6) is -1.66. The number of amides is 2. The van der Waals surface area contributed by atoms with Crippen LogP contribution in [0.15, 0.2) is 24.7 Å². The Bertz CT molecular complexity index is 779. The second kappa shape index (κ2) is 6.65. The predicted molar refractivity (Wildman–Crippen MR) is 82.1 cm³/mol. The minimum Gasteiger partial charge on any atom is -0.459 e. The van der Waals surface area contributed by atoms with Gasteiger partial charge in [-0.25, -0.2) is 14.3 Å². The Balaban J connectivity index is 1.62. The number of aromatic nitrogens is 3. The van der Waals surface area contributed by atoms with Crippen LogP contribution in [-0.4, -0.2) is 75.0 Å². The standard InChI is InChI=1S/C15H17N5O4/c1-2-24-15(23)14(22)19-7-5-18(6-8-19)13(21)11-3-4-12-16-10-17-20(12)9-11/h3-4,9-10H,2,5-8H2,1H3. The molecule has 1 aliphatic rings. The first-order chi connectivity index (χ1) is 11.6. The smallest absolute Gasteiger partial charge is 0.397 e. The molecule has 0 bridgehead atoms. The second-order valence-electron chi connectivity index (χ2n) is 5.29. The molecule has 0 saturated carbocycles. The summed E-state index contributed by atoms with van der Waals surface area (Å²) in [7, 11) is 0. The van der Waals surface area contributed by atoms with Gasteiger partial charge in [0.1, 0.15) is 6.33 Å². The van der Waals surface area contributed by atoms with Gasteiger partial charge in [-0.1, -0.05) is 0 Å². The number of esters is 1. The maximum Gasteiger partial charge on any atom is 0.397 e. The molecule has 0 N–H and O–H groups in total. The minimum atomic E-state index is -0.853. The van der Waals surface area contributed by atoms with E-state index >= 15 is 0 Å². The Kier molecular flexibility index (Phi) is 4.41. The third-order valence-corrected chi connectivity index (χ3v) is 3.83. The summed E-state index contributed by atoms with van der Waals surface area (Å²) in [5.41, 5.74) is 1.16. The van der Waals surface area contributed by atoms with Crippen LogP contribution in [-0.2, 0) is 14.3 Å². The summed E-state index contributed by atoms with van der Waals surface area (Å²) in [5, 5.41) is 4.01. The van der Waals surface area contributed by atoms with E-state index in [-0.39, 0.29) is 12.5 Å². The van der Waals surface area contributed by atoms with Crippen molar-refractivity contribution in [3.8, 4) is 0 Å². The van der Waals surface area contributed by atoms with Crippen LogP contribution in [0.2, 0.25) is 0 Å². The van der Waals surface area contributed by atoms with Gasteiger partial charge in [0.2, 0.25) is 0 Å². The summed E-state index contributed by atoms with van der Waals surface area (Å²) in [6, 6.07) is 3.42. The molecule has 2 amide bonds. The molecule has 9 nitrogen and oxygen atoms in total. The van der Waals surface area contributed by atoms with E-state index in [0.29, 0.717) is 37.4 Å². The van der Waals surface area contributed by atoms with Crippen LogP contribution in [0, 0.1) is 0 Å². The molecule has 2 aromatic heterocycles. The number of hydrogen-bond donors (Lipinski definition) is 0. The van der Waals surface area contributed by atoms with Gasteiger partial charge in [-0.15, -0.1) is 0 Å². The molecule has 2 aromatic rings. The van der Waals surface area contributed by atoms with E-state index in [2.05, 4.69) is 10.1 Å². The molecule has 1 saturated heterocycles. The van der Waals surface area contributed by atoms with Crippen LogP contribution >= 0.6 is 0 Å². The average Bonchev–Trinajstić information content (AvgIpc) is 3.08. The Labute approximate surface area is 137 Å². The van der Waals surface area contributed by atoms with Crippen molar-refractivity contribution in [2.24, 2.45) is 0 Å². The zero-order valence-electron chi connectivity index (χ0n) is 13.2. The van der Waals surface area contributed by atoms with Gasteiger partial charge in [0.15, 0.2) is 5.65 Å². The molecular formula is C15H17N5O4. The van der Waals surface area contributed by atoms with E-state index in [4.69, 9.17) is 4.74 Å². The molecule has 126 valence electrons. The second-order valence-corrected chi connectivity index (χ2v) is 5.29. The number of pyridine rings is 1. The summed E-state index contributed by atoms with van der Waals surface area (Å²) in [6.45, 7) is 3.13. The lowest BCUT2D eigenvalue weighted by Crippen LogP contribution is -2.52. The zero-order chi connectivity index (χ0) is 17.1. The number of hydrogen-bond acceptors (Lipinski definition) is 6. The maximum atomic E-state index is 12.5. The van der Waals surface area contributed by atoms with Crippen LogP contribution in [0.4, 0.5) is 0 Å². The molecule has 0 radical (unpaired) electrons. The summed E-state index contributed by atoms with van der Waals surface area (Å²) in [4.78, 5) is 43.0. The number of ether oxygens (including phenoxy) is 1. The lowest BCUT2D eigenvalue weighted by atomic mass is 10.2. The molecule has 24 heavy (non-hydrogen) atoms. The van der Waals surface area contributed by atoms with Crippen molar-refractivity contribution in [1.82, 2.24) is 24.4 Å². The van der Waals surface area contributed by atoms with Gasteiger partial charge in [0.05, 0.1) is 12.2 Å². The molecule has 0 atom stereocenters. The van der Waals surface area contributed by atoms with Crippen molar-refractivity contribution in [3.63, 3.8) is 0 Å². The van der Waals surface area contributed by atoms with E-state index < -0.39 is 11.9 Å². The number of carbonyl (C=O) groups is 3. The molecule has 3 heterocycles. The first-order valence-corrected chi connectivity index (χ1v) is 7.65. The minimum absolute atomic E-state index is 0.143. The number of fused-ring (bicyclic) bond motifs is 1. The lowest BCUT2D eigenvalue weighted by molar-refractivity contribution is -0.160. The third kappa shape index (κ3) is 3.05. The van der Waals surface area contributed by atoms with Gasteiger partial charge in [0, 0.05) is 32.4 Å². The van der Waals surface area contributed by atoms with E-state index in [9.17, 15) is 14.4 Å². The SMILES string of the molecule is CCOC(=O)C(=O)N1CCN(C(=O)c2ccc3ncnn3c2)CC1. The molecule has 0 spiro atoms. The van der Waals surface area contributed by atoms with E-state index in [1.165, 1.54) is 15.7 Å². The normalized spacial score (nSPS) is 14.7. The van der Waals surface area contributed by atoms with Gasteiger partial charge < -0.3 is 14.5 Å². The molecule has 0 aromatic carbocycles. The van der Waals surface area contributed by atoms with Crippen LogP contribution in [0.25, 0.3) is 5.65 Å². The van der Waals surface area contributed by atoms with E-state index in [0.717, 1.165) is 0 Å². The molecule has 3 rings (SSSR count). The van der Waals surface area contributed by atoms with E-state index in [1.807, 2.05) is 0 Å². The van der Waals surface area contributed by atoms with Crippen molar-refractivity contribution in [3.05, 3.63) is 30.2 Å². The molecule has 0 aliphatic carbocycles. The Hall–Kier alpha value is -2.97. The lowest BCUT2D eigenvalue weighted by Gasteiger charge is -2.34. The van der Waals surface area contributed by atoms with Gasteiger partial charge in [-0.2, -0.15) is 5.10 Å². The number of carbonyl (C=O) groups excluding carboxylic acids is 3. The highest BCUT2D eigenvalue weighted by Crippen LogP contribution is 2.10. The number of rotatable bonds is 2. The Morgan fingerprint density at radius 3 is 2.54 bits per heavy atom. The highest BCUT2D eigenvalue weighted by atomic mass is 16.5. The fourth-order valence-electron chi connectivity index (χ4n) is 2.56. The van der Waals surface area contributed by atoms with Gasteiger partial charge >= 0.3 is 11.9 Å². The summed E-state index contributed by atoms with van der Waals surface area (Å²) < 4.78 is 6.24. The number of piperazine rings is 1. The Morgan fingerprint density at radius 2 is 1.83 bits per heavy atom. The van der Waals surface area contributed by atoms with Crippen molar-refractivity contribution in [2.75, 3.05) is 32.8 Å². The zero-order valence-corrected chi connectivity index (χ0v) is 13.2. The van der Waals surface area contributed by atoms with Crippen molar-refractivity contribution < 1.29 is 19.1 Å². The Morgan fingerprint density at radius 1 is 1.12 bits per heavy atom. The summed E-state index contributed by atoms with van der Waals surface area (Å²) >= 11 is 0. The van der Waals surface area contributed by atoms with Crippen LogP contribution in [0.5, 0.6) is 0 Å². The first-order valence-electron chi connectivity index (χ1n) is 7.65. The molecule has 1 aliphatic heterocycles. The highest BCUT2D eigenvalue weighted by molar-refractivity contribution is 6.32. The molecule has 9 heteroatoms. The fourth-order valence-corrected chi connectivity index (χ4v) is 2.56. The average molecular weight is 331 g/mol. The van der Waals surface area contributed by atoms with Crippen molar-refractivity contribution in [2.45, 2.75) is 6.92 Å². The summed E-state index contributed by atoms with van der Waals surface area (Å²) in [6.07, 6.45) is 3.05. The fraction of sp³-hybridized carbons (Fsp3) is 0.400. The monoisotopic (exact) mass is 331 g/mol. The van der Waals surface area contributed by atoms with Crippen LogP contribution in [0.3, 0.4) is 0 Å². The topological polar surface area (TPSA) is 97.1 Å². The molecule has 1 fully saturated rings. The van der Waals surface area contributed by atoms with Crippen LogP contribution < -0.4 is 0 Å². The number of nitrogens with zero attached hydrogens (tertiary/aromatic N) is 5. The van der Waals surface area contributed by atoms with E-state index in [1.54, 1.807) is 30.2 Å². The highest BCUT2D eigenvalue weighted by Gasteiger charge is 2.29. The van der Waals surface area contributed by atoms with Crippen LogP contribution in [0.1, 0.15) is 17.3 Å². The maximum absolute atomic E-state index is 12.5. The third-order valence-electron chi connectivity index (χ3n) is 3.83. The van der Waals surface area contributed by atoms with Gasteiger partial charge in [-0.05, 0) is 19.1 Å². The predicted octanol–water partition coefficient (Wildman–Crippen LogP) is -0.423.